The lowest BCUT2D eigenvalue weighted by Crippen LogP contribution is -2.43. The summed E-state index contributed by atoms with van der Waals surface area (Å²) in [4.78, 5) is 15.0. The number of aryl methyl sites for hydroxylation is 1. The minimum Gasteiger partial charge on any atom is -0.379 e. The Bertz CT molecular complexity index is 649. The first-order valence-electron chi connectivity index (χ1n) is 8.45. The molecule has 1 fully saturated rings. The molecule has 0 aromatic heterocycles. The third-order valence-corrected chi connectivity index (χ3v) is 4.37. The van der Waals surface area contributed by atoms with Gasteiger partial charge in [-0.05, 0) is 24.6 Å². The van der Waals surface area contributed by atoms with Gasteiger partial charge in [-0.3, -0.25) is 9.69 Å². The monoisotopic (exact) mass is 324 g/mol. The van der Waals surface area contributed by atoms with Crippen molar-refractivity contribution in [2.24, 2.45) is 0 Å². The molecule has 0 saturated carbocycles. The standard InChI is InChI=1S/C20H24N2O2/c1-16-7-9-18(10-8-16)20(23)21-19(17-5-3-2-4-6-17)15-22-11-13-24-14-12-22/h2-10,19H,11-15H2,1H3,(H,21,23)/t19-/m1/s1. The fraction of sp³-hybridized carbons (Fsp3) is 0.350. The van der Waals surface area contributed by atoms with Gasteiger partial charge in [-0.25, -0.2) is 0 Å². The lowest BCUT2D eigenvalue weighted by atomic mass is 10.0. The van der Waals surface area contributed by atoms with Crippen LogP contribution in [0, 0.1) is 6.92 Å². The Kier molecular flexibility index (Phi) is 5.62. The Balaban J connectivity index is 1.73. The zero-order valence-electron chi connectivity index (χ0n) is 14.1. The van der Waals surface area contributed by atoms with Gasteiger partial charge in [-0.2, -0.15) is 0 Å². The van der Waals surface area contributed by atoms with Crippen LogP contribution < -0.4 is 5.32 Å². The van der Waals surface area contributed by atoms with Gasteiger partial charge in [0.15, 0.2) is 0 Å². The number of carbonyl (C=O) groups is 1. The van der Waals surface area contributed by atoms with Crippen molar-refractivity contribution in [1.82, 2.24) is 10.2 Å². The summed E-state index contributed by atoms with van der Waals surface area (Å²) in [5, 5.41) is 3.19. The fourth-order valence-electron chi connectivity index (χ4n) is 2.91. The maximum absolute atomic E-state index is 12.6. The summed E-state index contributed by atoms with van der Waals surface area (Å²) >= 11 is 0. The minimum absolute atomic E-state index is 0.0295. The Labute approximate surface area is 143 Å². The normalized spacial score (nSPS) is 16.5. The van der Waals surface area contributed by atoms with Crippen molar-refractivity contribution in [3.63, 3.8) is 0 Å². The van der Waals surface area contributed by atoms with Crippen LogP contribution in [-0.4, -0.2) is 43.7 Å². The number of hydrogen-bond acceptors (Lipinski definition) is 3. The third kappa shape index (κ3) is 4.43. The van der Waals surface area contributed by atoms with E-state index < -0.39 is 0 Å². The van der Waals surface area contributed by atoms with Crippen molar-refractivity contribution < 1.29 is 9.53 Å². The largest absolute Gasteiger partial charge is 0.379 e. The molecule has 0 bridgehead atoms. The Hall–Kier alpha value is -2.17. The van der Waals surface area contributed by atoms with Crippen LogP contribution in [0.2, 0.25) is 0 Å². The summed E-state index contributed by atoms with van der Waals surface area (Å²) in [6.45, 7) is 6.15. The summed E-state index contributed by atoms with van der Waals surface area (Å²) < 4.78 is 5.42. The average Bonchev–Trinajstić information content (AvgIpc) is 2.63. The molecule has 4 heteroatoms. The van der Waals surface area contributed by atoms with Crippen LogP contribution in [0.4, 0.5) is 0 Å². The smallest absolute Gasteiger partial charge is 0.251 e. The van der Waals surface area contributed by atoms with Crippen LogP contribution in [0.15, 0.2) is 54.6 Å². The third-order valence-electron chi connectivity index (χ3n) is 4.37. The van der Waals surface area contributed by atoms with Crippen molar-refractivity contribution in [2.45, 2.75) is 13.0 Å². The second-order valence-corrected chi connectivity index (χ2v) is 6.22. The van der Waals surface area contributed by atoms with Crippen LogP contribution in [0.1, 0.15) is 27.5 Å². The fourth-order valence-corrected chi connectivity index (χ4v) is 2.91. The number of ether oxygens (including phenoxy) is 1. The van der Waals surface area contributed by atoms with Gasteiger partial charge >= 0.3 is 0 Å². The topological polar surface area (TPSA) is 41.6 Å². The number of carbonyl (C=O) groups excluding carboxylic acids is 1. The molecule has 0 spiro atoms. The first kappa shape index (κ1) is 16.7. The van der Waals surface area contributed by atoms with Crippen molar-refractivity contribution in [1.29, 1.82) is 0 Å². The SMILES string of the molecule is Cc1ccc(C(=O)N[C@H](CN2CCOCC2)c2ccccc2)cc1. The number of nitrogens with one attached hydrogen (secondary N) is 1. The van der Waals surface area contributed by atoms with Gasteiger partial charge in [0.2, 0.25) is 0 Å². The minimum atomic E-state index is -0.0305. The molecule has 2 aromatic rings. The van der Waals surface area contributed by atoms with Gasteiger partial charge in [-0.1, -0.05) is 48.0 Å². The zero-order chi connectivity index (χ0) is 16.8. The summed E-state index contributed by atoms with van der Waals surface area (Å²) in [5.74, 6) is -0.0305. The van der Waals surface area contributed by atoms with Crippen LogP contribution in [0.5, 0.6) is 0 Å². The van der Waals surface area contributed by atoms with Gasteiger partial charge in [0, 0.05) is 25.2 Å². The quantitative estimate of drug-likeness (QED) is 0.919. The highest BCUT2D eigenvalue weighted by Gasteiger charge is 2.20. The van der Waals surface area contributed by atoms with Crippen LogP contribution >= 0.6 is 0 Å². The van der Waals surface area contributed by atoms with Crippen molar-refractivity contribution in [3.05, 3.63) is 71.3 Å². The van der Waals surface area contributed by atoms with E-state index in [-0.39, 0.29) is 11.9 Å². The van der Waals surface area contributed by atoms with E-state index in [4.69, 9.17) is 4.74 Å². The predicted molar refractivity (Wildman–Crippen MR) is 95.1 cm³/mol. The molecule has 0 unspecified atom stereocenters. The molecule has 0 aliphatic carbocycles. The highest BCUT2D eigenvalue weighted by Crippen LogP contribution is 2.16. The molecule has 4 nitrogen and oxygen atoms in total. The van der Waals surface area contributed by atoms with Crippen molar-refractivity contribution in [3.8, 4) is 0 Å². The maximum Gasteiger partial charge on any atom is 0.251 e. The summed E-state index contributed by atoms with van der Waals surface area (Å²) in [6.07, 6.45) is 0. The zero-order valence-corrected chi connectivity index (χ0v) is 14.1. The van der Waals surface area contributed by atoms with Crippen molar-refractivity contribution >= 4 is 5.91 Å². The molecule has 2 aromatic carbocycles. The second-order valence-electron chi connectivity index (χ2n) is 6.22. The molecule has 1 heterocycles. The van der Waals surface area contributed by atoms with Gasteiger partial charge < -0.3 is 10.1 Å². The Morgan fingerprint density at radius 1 is 1.08 bits per heavy atom. The first-order chi connectivity index (χ1) is 11.7. The van der Waals surface area contributed by atoms with Gasteiger partial charge in [0.25, 0.3) is 5.91 Å². The van der Waals surface area contributed by atoms with Crippen LogP contribution in [0.25, 0.3) is 0 Å². The number of nitrogens with zero attached hydrogens (tertiary/aromatic N) is 1. The highest BCUT2D eigenvalue weighted by atomic mass is 16.5. The molecule has 1 aliphatic rings. The van der Waals surface area contributed by atoms with E-state index in [0.717, 1.165) is 44.0 Å². The van der Waals surface area contributed by atoms with E-state index in [0.29, 0.717) is 5.56 Å². The lowest BCUT2D eigenvalue weighted by molar-refractivity contribution is 0.0332. The molecule has 3 rings (SSSR count). The molecule has 1 atom stereocenters. The van der Waals surface area contributed by atoms with E-state index in [1.807, 2.05) is 49.4 Å². The van der Waals surface area contributed by atoms with E-state index >= 15 is 0 Å². The Morgan fingerprint density at radius 3 is 2.42 bits per heavy atom. The van der Waals surface area contributed by atoms with Gasteiger partial charge in [-0.15, -0.1) is 0 Å². The molecule has 1 N–H and O–H groups in total. The lowest BCUT2D eigenvalue weighted by Gasteiger charge is -2.31. The molecule has 1 saturated heterocycles. The predicted octanol–water partition coefficient (Wildman–Crippen LogP) is 2.80. The summed E-state index contributed by atoms with van der Waals surface area (Å²) in [6, 6.07) is 17.8. The molecular formula is C20H24N2O2. The molecule has 1 aliphatic heterocycles. The number of amides is 1. The van der Waals surface area contributed by atoms with Gasteiger partial charge in [0.05, 0.1) is 19.3 Å². The number of morpholine rings is 1. The maximum atomic E-state index is 12.6. The highest BCUT2D eigenvalue weighted by molar-refractivity contribution is 5.94. The molecular weight excluding hydrogens is 300 g/mol. The summed E-state index contributed by atoms with van der Waals surface area (Å²) in [5.41, 5.74) is 2.98. The molecule has 1 amide bonds. The van der Waals surface area contributed by atoms with Crippen LogP contribution in [0.3, 0.4) is 0 Å². The number of hydrogen-bond donors (Lipinski definition) is 1. The van der Waals surface area contributed by atoms with E-state index in [1.54, 1.807) is 0 Å². The molecule has 126 valence electrons. The molecule has 24 heavy (non-hydrogen) atoms. The van der Waals surface area contributed by atoms with E-state index in [9.17, 15) is 4.79 Å². The van der Waals surface area contributed by atoms with Gasteiger partial charge in [0.1, 0.15) is 0 Å². The number of rotatable bonds is 5. The van der Waals surface area contributed by atoms with E-state index in [2.05, 4.69) is 22.3 Å². The number of benzene rings is 2. The second kappa shape index (κ2) is 8.08. The summed E-state index contributed by atoms with van der Waals surface area (Å²) in [7, 11) is 0. The first-order valence-corrected chi connectivity index (χ1v) is 8.45. The Morgan fingerprint density at radius 2 is 1.75 bits per heavy atom. The van der Waals surface area contributed by atoms with Crippen molar-refractivity contribution in [2.75, 3.05) is 32.8 Å². The van der Waals surface area contributed by atoms with E-state index in [1.165, 1.54) is 0 Å². The average molecular weight is 324 g/mol. The molecule has 0 radical (unpaired) electrons. The van der Waals surface area contributed by atoms with Crippen LogP contribution in [-0.2, 0) is 4.74 Å².